The van der Waals surface area contributed by atoms with Crippen LogP contribution in [0.25, 0.3) is 0 Å². The fourth-order valence-electron chi connectivity index (χ4n) is 0. The first kappa shape index (κ1) is 36.7. The van der Waals surface area contributed by atoms with Gasteiger partial charge in [0.2, 0.25) is 0 Å². The Bertz CT molecular complexity index is 343. The van der Waals surface area contributed by atoms with Gasteiger partial charge in [-0.25, -0.2) is 0 Å². The van der Waals surface area contributed by atoms with Gasteiger partial charge < -0.3 is 0 Å². The van der Waals surface area contributed by atoms with E-state index in [0.29, 0.717) is 0 Å². The SMILES string of the molecule is [Co+2].[Co+2].[Co+2].[O]=[Cr](=[O])([O-])[O-].[O]=[Cr](=[O])([O-])[O-].[O]=[Cr](=[O])([O-])[O-]. The van der Waals surface area contributed by atoms with Gasteiger partial charge in [0.15, 0.2) is 0 Å². The van der Waals surface area contributed by atoms with Crippen molar-refractivity contribution in [2.75, 3.05) is 0 Å². The summed E-state index contributed by atoms with van der Waals surface area (Å²) >= 11 is -17.2. The van der Waals surface area contributed by atoms with Crippen molar-refractivity contribution in [3.8, 4) is 0 Å². The molecule has 0 saturated heterocycles. The molecule has 3 radical (unpaired) electrons. The van der Waals surface area contributed by atoms with Gasteiger partial charge in [-0.3, -0.25) is 0 Å². The molecular weight excluding hydrogens is 525 g/mol. The fraction of sp³-hybridized carbons (Fsp3) is 0. The minimum absolute atomic E-state index is 0. The topological polar surface area (TPSA) is 241 Å². The van der Waals surface area contributed by atoms with E-state index in [4.69, 9.17) is 47.8 Å². The fourth-order valence-corrected chi connectivity index (χ4v) is 0. The molecule has 0 heterocycles. The molecule has 0 aliphatic rings. The molecule has 18 heteroatoms. The zero-order valence-electron chi connectivity index (χ0n) is 7.12. The van der Waals surface area contributed by atoms with Crippen molar-refractivity contribution in [1.82, 2.24) is 0 Å². The molecule has 0 fully saturated rings. The molecule has 0 rings (SSSR count). The third-order valence-electron chi connectivity index (χ3n) is 0. The Hall–Kier alpha value is 1.68. The molecule has 0 atom stereocenters. The van der Waals surface area contributed by atoms with Crippen LogP contribution in [-0.4, -0.2) is 0 Å². The summed E-state index contributed by atoms with van der Waals surface area (Å²) in [6.45, 7) is 0. The number of rotatable bonds is 0. The first-order valence-corrected chi connectivity index (χ1v) is 8.25. The van der Waals surface area contributed by atoms with Crippen molar-refractivity contribution in [2.45, 2.75) is 0 Å². The second-order valence-corrected chi connectivity index (χ2v) is 5.05. The molecule has 18 heavy (non-hydrogen) atoms. The first-order valence-electron chi connectivity index (χ1n) is 2.00. The van der Waals surface area contributed by atoms with Gasteiger partial charge in [0.1, 0.15) is 0 Å². The van der Waals surface area contributed by atoms with Crippen LogP contribution in [0.2, 0.25) is 0 Å². The number of hydrogen-bond acceptors (Lipinski definition) is 12. The third kappa shape index (κ3) is 1750. The molecule has 117 valence electrons. The maximum absolute atomic E-state index is 8.59. The Morgan fingerprint density at radius 3 is 0.389 bits per heavy atom. The van der Waals surface area contributed by atoms with Crippen molar-refractivity contribution in [3.05, 3.63) is 0 Å². The first-order chi connectivity index (χ1) is 6.00. The molecule has 0 aromatic rings. The summed E-state index contributed by atoms with van der Waals surface area (Å²) in [4.78, 5) is 0. The van der Waals surface area contributed by atoms with Crippen LogP contribution in [0.5, 0.6) is 0 Å². The molecule has 0 spiro atoms. The van der Waals surface area contributed by atoms with Gasteiger partial charge in [0.25, 0.3) is 0 Å². The molecular formula is Co3Cr3O12. The van der Waals surface area contributed by atoms with Gasteiger partial charge in [-0.15, -0.1) is 0 Å². The van der Waals surface area contributed by atoms with Crippen LogP contribution in [0.3, 0.4) is 0 Å². The van der Waals surface area contributed by atoms with Crippen molar-refractivity contribution in [1.29, 1.82) is 0 Å². The molecule has 0 aromatic heterocycles. The molecule has 12 nitrogen and oxygen atoms in total. The minimum atomic E-state index is -5.75. The Labute approximate surface area is 138 Å². The van der Waals surface area contributed by atoms with Crippen LogP contribution >= 0.6 is 0 Å². The van der Waals surface area contributed by atoms with Gasteiger partial charge in [-0.1, -0.05) is 0 Å². The molecule has 0 saturated carbocycles. The second kappa shape index (κ2) is 15.1. The quantitative estimate of drug-likeness (QED) is 0.287. The van der Waals surface area contributed by atoms with E-state index < -0.39 is 40.8 Å². The monoisotopic (exact) mass is 525 g/mol. The molecule has 0 N–H and O–H groups in total. The van der Waals surface area contributed by atoms with Crippen LogP contribution in [-0.2, 0) is 114 Å². The molecule has 0 amide bonds. The normalized spacial score (nSPS) is 9.67. The molecule has 0 aromatic carbocycles. The van der Waals surface area contributed by atoms with E-state index >= 15 is 0 Å². The van der Waals surface area contributed by atoms with E-state index in [0.717, 1.165) is 0 Å². The van der Waals surface area contributed by atoms with E-state index in [1.54, 1.807) is 0 Å². The Balaban J connectivity index is -0.0000000277. The Kier molecular flexibility index (Phi) is 30.7. The van der Waals surface area contributed by atoms with Crippen molar-refractivity contribution in [3.63, 3.8) is 0 Å². The van der Waals surface area contributed by atoms with E-state index in [1.165, 1.54) is 0 Å². The molecule has 0 unspecified atom stereocenters. The predicted molar refractivity (Wildman–Crippen MR) is 4.12 cm³/mol. The van der Waals surface area contributed by atoms with Crippen molar-refractivity contribution >= 4 is 0 Å². The predicted octanol–water partition coefficient (Wildman–Crippen LogP) is -7.86. The van der Waals surface area contributed by atoms with E-state index in [1.807, 2.05) is 0 Å². The van der Waals surface area contributed by atoms with Gasteiger partial charge in [0, 0.05) is 0 Å². The van der Waals surface area contributed by atoms with Crippen LogP contribution in [0, 0.1) is 0 Å². The summed E-state index contributed by atoms with van der Waals surface area (Å²) in [5.41, 5.74) is 0. The van der Waals surface area contributed by atoms with Gasteiger partial charge >= 0.3 is 139 Å². The molecule has 0 aliphatic heterocycles. The van der Waals surface area contributed by atoms with Crippen LogP contribution in [0.4, 0.5) is 0 Å². The van der Waals surface area contributed by atoms with Gasteiger partial charge in [-0.05, 0) is 0 Å². The van der Waals surface area contributed by atoms with E-state index in [2.05, 4.69) is 0 Å². The molecule has 0 aliphatic carbocycles. The van der Waals surface area contributed by atoms with Crippen molar-refractivity contribution in [2.24, 2.45) is 0 Å². The Morgan fingerprint density at radius 2 is 0.389 bits per heavy atom. The summed E-state index contributed by atoms with van der Waals surface area (Å²) in [5, 5.41) is 0. The maximum atomic E-state index is 8.59. The van der Waals surface area contributed by atoms with E-state index in [9.17, 15) is 0 Å². The Morgan fingerprint density at radius 1 is 0.389 bits per heavy atom. The summed E-state index contributed by atoms with van der Waals surface area (Å²) in [6.07, 6.45) is 0. The van der Waals surface area contributed by atoms with Crippen molar-refractivity contribution < 1.29 is 139 Å². The zero-order chi connectivity index (χ0) is 13.5. The van der Waals surface area contributed by atoms with Gasteiger partial charge in [0.05, 0.1) is 0 Å². The molecule has 0 bridgehead atoms. The average molecular weight is 525 g/mol. The summed E-state index contributed by atoms with van der Waals surface area (Å²) in [6, 6.07) is 0. The van der Waals surface area contributed by atoms with Crippen LogP contribution < -0.4 is 24.9 Å². The zero-order valence-corrected chi connectivity index (χ0v) is 14.1. The average Bonchev–Trinajstić information content (AvgIpc) is 1.41. The summed E-state index contributed by atoms with van der Waals surface area (Å²) in [7, 11) is 0. The summed E-state index contributed by atoms with van der Waals surface area (Å²) < 4.78 is 103. The van der Waals surface area contributed by atoms with E-state index in [-0.39, 0.29) is 50.3 Å². The third-order valence-corrected chi connectivity index (χ3v) is 0. The summed E-state index contributed by atoms with van der Waals surface area (Å²) in [5.74, 6) is 0. The van der Waals surface area contributed by atoms with Crippen LogP contribution in [0.15, 0.2) is 0 Å². The standard InChI is InChI=1S/3Co.3Cr.12O/q3*+2;;;;;;;;;;6*-1. The second-order valence-electron chi connectivity index (χ2n) is 1.22. The van der Waals surface area contributed by atoms with Gasteiger partial charge in [-0.2, -0.15) is 0 Å². The number of hydrogen-bond donors (Lipinski definition) is 0. The van der Waals surface area contributed by atoms with Crippen LogP contribution in [0.1, 0.15) is 0 Å².